The highest BCUT2D eigenvalue weighted by molar-refractivity contribution is 6.30. The third kappa shape index (κ3) is 2.46. The van der Waals surface area contributed by atoms with Crippen LogP contribution in [0.4, 0.5) is 5.69 Å². The molecule has 0 unspecified atom stereocenters. The van der Waals surface area contributed by atoms with Gasteiger partial charge in [-0.05, 0) is 30.3 Å². The van der Waals surface area contributed by atoms with Crippen molar-refractivity contribution in [3.8, 4) is 22.7 Å². The standard InChI is InChI=1S/C15H11ClN2O/c16-12-6-4-10(5-7-12)14-9-19-15(18-14)11-2-1-3-13(17)8-11/h1-9H,17H2. The second-order valence-electron chi connectivity index (χ2n) is 4.17. The van der Waals surface area contributed by atoms with Crippen LogP contribution in [0.1, 0.15) is 0 Å². The summed E-state index contributed by atoms with van der Waals surface area (Å²) < 4.78 is 5.49. The van der Waals surface area contributed by atoms with Crippen LogP contribution < -0.4 is 5.73 Å². The average molecular weight is 271 g/mol. The Hall–Kier alpha value is -2.26. The van der Waals surface area contributed by atoms with E-state index in [9.17, 15) is 0 Å². The molecule has 0 fully saturated rings. The summed E-state index contributed by atoms with van der Waals surface area (Å²) in [4.78, 5) is 4.46. The van der Waals surface area contributed by atoms with Crippen molar-refractivity contribution in [2.24, 2.45) is 0 Å². The van der Waals surface area contributed by atoms with Crippen molar-refractivity contribution in [3.63, 3.8) is 0 Å². The summed E-state index contributed by atoms with van der Waals surface area (Å²) in [6.45, 7) is 0. The molecule has 1 aromatic heterocycles. The van der Waals surface area contributed by atoms with Gasteiger partial charge in [0.2, 0.25) is 5.89 Å². The van der Waals surface area contributed by atoms with Crippen molar-refractivity contribution in [2.45, 2.75) is 0 Å². The van der Waals surface area contributed by atoms with Crippen LogP contribution >= 0.6 is 11.6 Å². The first-order chi connectivity index (χ1) is 9.22. The van der Waals surface area contributed by atoms with Crippen LogP contribution in [-0.4, -0.2) is 4.98 Å². The zero-order valence-electron chi connectivity index (χ0n) is 10.0. The molecule has 0 aliphatic rings. The van der Waals surface area contributed by atoms with Crippen LogP contribution in [0.15, 0.2) is 59.2 Å². The predicted octanol–water partition coefficient (Wildman–Crippen LogP) is 4.24. The molecular weight excluding hydrogens is 260 g/mol. The lowest BCUT2D eigenvalue weighted by Crippen LogP contribution is -1.85. The predicted molar refractivity (Wildman–Crippen MR) is 76.8 cm³/mol. The molecule has 4 heteroatoms. The molecule has 2 N–H and O–H groups in total. The van der Waals surface area contributed by atoms with Crippen molar-refractivity contribution >= 4 is 17.3 Å². The second kappa shape index (κ2) is 4.78. The molecule has 3 aromatic rings. The van der Waals surface area contributed by atoms with E-state index < -0.39 is 0 Å². The Balaban J connectivity index is 1.97. The van der Waals surface area contributed by atoms with Crippen LogP contribution in [0, 0.1) is 0 Å². The monoisotopic (exact) mass is 270 g/mol. The van der Waals surface area contributed by atoms with Crippen LogP contribution in [0.2, 0.25) is 5.02 Å². The zero-order valence-corrected chi connectivity index (χ0v) is 10.8. The normalized spacial score (nSPS) is 10.6. The Labute approximate surface area is 115 Å². The summed E-state index contributed by atoms with van der Waals surface area (Å²) in [5.41, 5.74) is 9.03. The topological polar surface area (TPSA) is 52.0 Å². The largest absolute Gasteiger partial charge is 0.444 e. The zero-order chi connectivity index (χ0) is 13.2. The van der Waals surface area contributed by atoms with E-state index in [1.165, 1.54) is 0 Å². The molecule has 94 valence electrons. The maximum atomic E-state index is 5.86. The van der Waals surface area contributed by atoms with Crippen molar-refractivity contribution < 1.29 is 4.42 Å². The van der Waals surface area contributed by atoms with Crippen LogP contribution in [0.5, 0.6) is 0 Å². The Kier molecular flexibility index (Phi) is 2.97. The number of benzene rings is 2. The lowest BCUT2D eigenvalue weighted by molar-refractivity contribution is 0.575. The van der Waals surface area contributed by atoms with E-state index in [1.54, 1.807) is 6.26 Å². The van der Waals surface area contributed by atoms with Crippen molar-refractivity contribution in [1.82, 2.24) is 4.98 Å². The number of nitrogens with zero attached hydrogens (tertiary/aromatic N) is 1. The van der Waals surface area contributed by atoms with Gasteiger partial charge in [0.25, 0.3) is 0 Å². The number of aromatic nitrogens is 1. The summed E-state index contributed by atoms with van der Waals surface area (Å²) in [6, 6.07) is 14.9. The minimum atomic E-state index is 0.553. The molecule has 0 bridgehead atoms. The van der Waals surface area contributed by atoms with E-state index >= 15 is 0 Å². The second-order valence-corrected chi connectivity index (χ2v) is 4.61. The number of halogens is 1. The number of nitrogen functional groups attached to an aromatic ring is 1. The molecule has 3 rings (SSSR count). The molecule has 0 radical (unpaired) electrons. The van der Waals surface area contributed by atoms with Crippen molar-refractivity contribution in [1.29, 1.82) is 0 Å². The third-order valence-corrected chi connectivity index (χ3v) is 3.03. The molecule has 0 saturated carbocycles. The minimum Gasteiger partial charge on any atom is -0.444 e. The molecule has 0 aliphatic carbocycles. The molecule has 0 spiro atoms. The maximum Gasteiger partial charge on any atom is 0.226 e. The first kappa shape index (κ1) is 11.8. The van der Waals surface area contributed by atoms with Gasteiger partial charge in [-0.15, -0.1) is 0 Å². The van der Waals surface area contributed by atoms with E-state index in [0.29, 0.717) is 16.6 Å². The molecule has 2 aromatic carbocycles. The van der Waals surface area contributed by atoms with Gasteiger partial charge in [-0.2, -0.15) is 0 Å². The molecule has 0 aliphatic heterocycles. The van der Waals surface area contributed by atoms with Crippen LogP contribution in [0.3, 0.4) is 0 Å². The van der Waals surface area contributed by atoms with Gasteiger partial charge in [0.05, 0.1) is 0 Å². The molecule has 3 nitrogen and oxygen atoms in total. The Morgan fingerprint density at radius 2 is 1.79 bits per heavy atom. The number of anilines is 1. The quantitative estimate of drug-likeness (QED) is 0.709. The molecule has 19 heavy (non-hydrogen) atoms. The van der Waals surface area contributed by atoms with Gasteiger partial charge in [-0.25, -0.2) is 4.98 Å². The van der Waals surface area contributed by atoms with E-state index in [4.69, 9.17) is 21.8 Å². The van der Waals surface area contributed by atoms with E-state index in [0.717, 1.165) is 16.8 Å². The number of hydrogen-bond acceptors (Lipinski definition) is 3. The van der Waals surface area contributed by atoms with Crippen molar-refractivity contribution in [2.75, 3.05) is 5.73 Å². The lowest BCUT2D eigenvalue weighted by atomic mass is 10.2. The fourth-order valence-corrected chi connectivity index (χ4v) is 1.96. The SMILES string of the molecule is Nc1cccc(-c2nc(-c3ccc(Cl)cc3)co2)c1. The highest BCUT2D eigenvalue weighted by Gasteiger charge is 2.08. The average Bonchev–Trinajstić information content (AvgIpc) is 2.89. The van der Waals surface area contributed by atoms with E-state index in [-0.39, 0.29) is 0 Å². The fourth-order valence-electron chi connectivity index (χ4n) is 1.83. The van der Waals surface area contributed by atoms with Gasteiger partial charge in [-0.3, -0.25) is 0 Å². The summed E-state index contributed by atoms with van der Waals surface area (Å²) >= 11 is 5.86. The lowest BCUT2D eigenvalue weighted by Gasteiger charge is -1.97. The first-order valence-corrected chi connectivity index (χ1v) is 6.17. The highest BCUT2D eigenvalue weighted by Crippen LogP contribution is 2.26. The first-order valence-electron chi connectivity index (χ1n) is 5.80. The summed E-state index contributed by atoms with van der Waals surface area (Å²) in [6.07, 6.45) is 1.63. The number of nitrogens with two attached hydrogens (primary N) is 1. The Morgan fingerprint density at radius 3 is 2.53 bits per heavy atom. The summed E-state index contributed by atoms with van der Waals surface area (Å²) in [7, 11) is 0. The van der Waals surface area contributed by atoms with Gasteiger partial charge in [-0.1, -0.05) is 29.8 Å². The smallest absolute Gasteiger partial charge is 0.226 e. The minimum absolute atomic E-state index is 0.553. The molecular formula is C15H11ClN2O. The molecule has 0 atom stereocenters. The van der Waals surface area contributed by atoms with Gasteiger partial charge < -0.3 is 10.2 Å². The fraction of sp³-hybridized carbons (Fsp3) is 0. The Morgan fingerprint density at radius 1 is 1.00 bits per heavy atom. The van der Waals surface area contributed by atoms with E-state index in [1.807, 2.05) is 48.5 Å². The Bertz CT molecular complexity index is 704. The summed E-state index contributed by atoms with van der Waals surface area (Å²) in [5.74, 6) is 0.553. The van der Waals surface area contributed by atoms with E-state index in [2.05, 4.69) is 4.98 Å². The number of oxazole rings is 1. The summed E-state index contributed by atoms with van der Waals surface area (Å²) in [5, 5.41) is 0.698. The van der Waals surface area contributed by atoms with Crippen molar-refractivity contribution in [3.05, 3.63) is 59.8 Å². The van der Waals surface area contributed by atoms with Gasteiger partial charge in [0.15, 0.2) is 0 Å². The van der Waals surface area contributed by atoms with Gasteiger partial charge >= 0.3 is 0 Å². The van der Waals surface area contributed by atoms with Crippen LogP contribution in [-0.2, 0) is 0 Å². The maximum absolute atomic E-state index is 5.86. The highest BCUT2D eigenvalue weighted by atomic mass is 35.5. The van der Waals surface area contributed by atoms with Gasteiger partial charge in [0.1, 0.15) is 12.0 Å². The number of rotatable bonds is 2. The molecule has 0 saturated heterocycles. The van der Waals surface area contributed by atoms with Gasteiger partial charge in [0, 0.05) is 21.8 Å². The molecule has 0 amide bonds. The third-order valence-electron chi connectivity index (χ3n) is 2.78. The molecule has 1 heterocycles. The number of hydrogen-bond donors (Lipinski definition) is 1. The van der Waals surface area contributed by atoms with Crippen LogP contribution in [0.25, 0.3) is 22.7 Å².